The molecule has 1 aliphatic heterocycles. The van der Waals surface area contributed by atoms with Crippen LogP contribution in [0.4, 0.5) is 11.4 Å². The minimum Gasteiger partial charge on any atom is -0.490 e. The third-order valence-corrected chi connectivity index (χ3v) is 6.09. The van der Waals surface area contributed by atoms with Gasteiger partial charge in [0.25, 0.3) is 0 Å². The topological polar surface area (TPSA) is 117 Å². The number of anilines is 2. The lowest BCUT2D eigenvalue weighted by Gasteiger charge is -2.23. The summed E-state index contributed by atoms with van der Waals surface area (Å²) in [5, 5.41) is 16.4. The van der Waals surface area contributed by atoms with Crippen LogP contribution in [-0.4, -0.2) is 51.5 Å². The average molecular weight is 476 g/mol. The maximum absolute atomic E-state index is 11.7. The quantitative estimate of drug-likeness (QED) is 0.351. The maximum atomic E-state index is 11.7. The second-order valence-electron chi connectivity index (χ2n) is 8.48. The monoisotopic (exact) mass is 475 g/mol. The lowest BCUT2D eigenvalue weighted by atomic mass is 9.98. The van der Waals surface area contributed by atoms with Crippen LogP contribution in [0.3, 0.4) is 0 Å². The number of aryl methyl sites for hydroxylation is 2. The van der Waals surface area contributed by atoms with Crippen LogP contribution in [0.15, 0.2) is 36.4 Å². The highest BCUT2D eigenvalue weighted by molar-refractivity contribution is 7.92. The molecule has 0 bridgehead atoms. The number of aliphatic hydroxyl groups excluding tert-OH is 1. The third-order valence-electron chi connectivity index (χ3n) is 5.48. The maximum Gasteiger partial charge on any atom is 0.229 e. The van der Waals surface area contributed by atoms with Crippen molar-refractivity contribution in [2.45, 2.75) is 45.1 Å². The molecular weight excluding hydrogens is 442 g/mol. The Balaban J connectivity index is 1.32. The van der Waals surface area contributed by atoms with E-state index < -0.39 is 16.1 Å². The molecule has 9 heteroatoms. The highest BCUT2D eigenvalue weighted by Gasteiger charge is 2.20. The number of carbonyl (C=O) groups excluding carboxylic acids is 1. The van der Waals surface area contributed by atoms with E-state index >= 15 is 0 Å². The van der Waals surface area contributed by atoms with Gasteiger partial charge in [-0.2, -0.15) is 0 Å². The molecule has 2 aromatic carbocycles. The molecule has 1 unspecified atom stereocenters. The second kappa shape index (κ2) is 11.5. The summed E-state index contributed by atoms with van der Waals surface area (Å²) in [6, 6.07) is 11.2. The molecule has 4 N–H and O–H groups in total. The van der Waals surface area contributed by atoms with Gasteiger partial charge in [-0.1, -0.05) is 18.2 Å². The summed E-state index contributed by atoms with van der Waals surface area (Å²) in [5.74, 6) is 0.736. The first-order chi connectivity index (χ1) is 15.7. The largest absolute Gasteiger partial charge is 0.490 e. The molecule has 3 rings (SSSR count). The Morgan fingerprint density at radius 1 is 1.12 bits per heavy atom. The van der Waals surface area contributed by atoms with Gasteiger partial charge in [-0.3, -0.25) is 9.52 Å². The van der Waals surface area contributed by atoms with Crippen LogP contribution < -0.4 is 20.1 Å². The first-order valence-corrected chi connectivity index (χ1v) is 13.1. The first kappa shape index (κ1) is 25.0. The van der Waals surface area contributed by atoms with E-state index in [0.717, 1.165) is 54.4 Å². The summed E-state index contributed by atoms with van der Waals surface area (Å²) in [6.45, 7) is 3.37. The van der Waals surface area contributed by atoms with E-state index in [1.165, 1.54) is 0 Å². The highest BCUT2D eigenvalue weighted by atomic mass is 32.2. The van der Waals surface area contributed by atoms with Gasteiger partial charge in [0.1, 0.15) is 18.5 Å². The number of benzene rings is 2. The highest BCUT2D eigenvalue weighted by Crippen LogP contribution is 2.34. The number of carbonyl (C=O) groups is 1. The van der Waals surface area contributed by atoms with E-state index in [2.05, 4.69) is 15.4 Å². The van der Waals surface area contributed by atoms with Crippen LogP contribution in [0.2, 0.25) is 0 Å². The van der Waals surface area contributed by atoms with E-state index in [4.69, 9.17) is 4.74 Å². The zero-order valence-electron chi connectivity index (χ0n) is 19.2. The van der Waals surface area contributed by atoms with Crippen LogP contribution in [0.1, 0.15) is 36.0 Å². The average Bonchev–Trinajstić information content (AvgIpc) is 2.76. The van der Waals surface area contributed by atoms with Gasteiger partial charge in [0.15, 0.2) is 0 Å². The smallest absolute Gasteiger partial charge is 0.229 e. The molecule has 0 aliphatic carbocycles. The number of rotatable bonds is 12. The normalized spacial score (nSPS) is 14.3. The molecule has 2 aromatic rings. The van der Waals surface area contributed by atoms with Crippen LogP contribution in [0.5, 0.6) is 5.75 Å². The molecule has 1 amide bonds. The van der Waals surface area contributed by atoms with Gasteiger partial charge in [-0.05, 0) is 68.5 Å². The third kappa shape index (κ3) is 8.03. The number of ether oxygens (including phenoxy) is 1. The van der Waals surface area contributed by atoms with E-state index in [1.807, 2.05) is 31.2 Å². The molecule has 0 saturated carbocycles. The molecule has 0 fully saturated rings. The number of aliphatic hydroxyl groups is 1. The van der Waals surface area contributed by atoms with E-state index in [9.17, 15) is 18.3 Å². The number of hydrogen-bond donors (Lipinski definition) is 4. The number of amides is 1. The van der Waals surface area contributed by atoms with Gasteiger partial charge in [0, 0.05) is 24.2 Å². The Bertz CT molecular complexity index is 1050. The predicted molar refractivity (Wildman–Crippen MR) is 130 cm³/mol. The fourth-order valence-corrected chi connectivity index (χ4v) is 4.35. The number of sulfonamides is 1. The van der Waals surface area contributed by atoms with Crippen LogP contribution in [0, 0.1) is 6.92 Å². The standard InChI is InChI=1S/C24H33N3O5S/c1-17-6-12-22(21-11-13-23(29)26-24(17)21)32-16-20(28)15-25-14-4-3-5-18-7-9-19(10-8-18)27-33(2,30)31/h6-10,12,20,25,27-28H,3-5,11,13-16H2,1-2H3,(H,26,29). The zero-order chi connectivity index (χ0) is 23.8. The molecule has 180 valence electrons. The number of fused-ring (bicyclic) bond motifs is 1. The molecule has 1 heterocycles. The summed E-state index contributed by atoms with van der Waals surface area (Å²) in [5.41, 5.74) is 4.55. The lowest BCUT2D eigenvalue weighted by molar-refractivity contribution is -0.116. The Morgan fingerprint density at radius 3 is 2.61 bits per heavy atom. The molecule has 1 aliphatic rings. The fourth-order valence-electron chi connectivity index (χ4n) is 3.79. The molecule has 33 heavy (non-hydrogen) atoms. The van der Waals surface area contributed by atoms with Gasteiger partial charge in [-0.25, -0.2) is 8.42 Å². The molecule has 1 atom stereocenters. The summed E-state index contributed by atoms with van der Waals surface area (Å²) in [4.78, 5) is 11.7. The molecule has 0 aromatic heterocycles. The second-order valence-corrected chi connectivity index (χ2v) is 10.2. The fraction of sp³-hybridized carbons (Fsp3) is 0.458. The molecule has 0 saturated heterocycles. The summed E-state index contributed by atoms with van der Waals surface area (Å²) in [6.07, 6.45) is 4.44. The minimum absolute atomic E-state index is 0.0213. The number of hydrogen-bond acceptors (Lipinski definition) is 6. The SMILES string of the molecule is Cc1ccc(OCC(O)CNCCCCc2ccc(NS(C)(=O)=O)cc2)c2c1NC(=O)CC2. The van der Waals surface area contributed by atoms with Gasteiger partial charge in [0.05, 0.1) is 11.9 Å². The van der Waals surface area contributed by atoms with Crippen molar-refractivity contribution in [3.8, 4) is 5.75 Å². The molecular formula is C24H33N3O5S. The van der Waals surface area contributed by atoms with E-state index in [0.29, 0.717) is 30.8 Å². The summed E-state index contributed by atoms with van der Waals surface area (Å²) in [7, 11) is -3.26. The minimum atomic E-state index is -3.26. The number of unbranched alkanes of at least 4 members (excludes halogenated alkanes) is 1. The van der Waals surface area contributed by atoms with Crippen molar-refractivity contribution in [2.75, 3.05) is 36.0 Å². The van der Waals surface area contributed by atoms with E-state index in [-0.39, 0.29) is 12.5 Å². The predicted octanol–water partition coefficient (Wildman–Crippen LogP) is 2.60. The van der Waals surface area contributed by atoms with Gasteiger partial charge >= 0.3 is 0 Å². The lowest BCUT2D eigenvalue weighted by Crippen LogP contribution is -2.32. The van der Waals surface area contributed by atoms with Crippen molar-refractivity contribution >= 4 is 27.3 Å². The molecule has 8 nitrogen and oxygen atoms in total. The van der Waals surface area contributed by atoms with Crippen molar-refractivity contribution in [2.24, 2.45) is 0 Å². The van der Waals surface area contributed by atoms with E-state index in [1.54, 1.807) is 12.1 Å². The van der Waals surface area contributed by atoms with Gasteiger partial charge < -0.3 is 20.5 Å². The summed E-state index contributed by atoms with van der Waals surface area (Å²) >= 11 is 0. The Morgan fingerprint density at radius 2 is 1.88 bits per heavy atom. The van der Waals surface area contributed by atoms with Crippen molar-refractivity contribution in [3.05, 3.63) is 53.1 Å². The van der Waals surface area contributed by atoms with Crippen molar-refractivity contribution in [1.82, 2.24) is 5.32 Å². The Labute approximate surface area is 195 Å². The van der Waals surface area contributed by atoms with Crippen LogP contribution in [-0.2, 0) is 27.7 Å². The number of nitrogens with one attached hydrogen (secondary N) is 3. The Hall–Kier alpha value is -2.62. The van der Waals surface area contributed by atoms with Crippen LogP contribution >= 0.6 is 0 Å². The van der Waals surface area contributed by atoms with Crippen molar-refractivity contribution in [3.63, 3.8) is 0 Å². The zero-order valence-corrected chi connectivity index (χ0v) is 20.0. The van der Waals surface area contributed by atoms with Crippen LogP contribution in [0.25, 0.3) is 0 Å². The van der Waals surface area contributed by atoms with Gasteiger partial charge in [0.2, 0.25) is 15.9 Å². The molecule has 0 spiro atoms. The van der Waals surface area contributed by atoms with Crippen molar-refractivity contribution in [1.29, 1.82) is 0 Å². The van der Waals surface area contributed by atoms with Gasteiger partial charge in [-0.15, -0.1) is 0 Å². The summed E-state index contributed by atoms with van der Waals surface area (Å²) < 4.78 is 30.8. The molecule has 0 radical (unpaired) electrons. The first-order valence-electron chi connectivity index (χ1n) is 11.2. The Kier molecular flexibility index (Phi) is 8.71. The van der Waals surface area contributed by atoms with Crippen molar-refractivity contribution < 1.29 is 23.1 Å².